The summed E-state index contributed by atoms with van der Waals surface area (Å²) in [5.74, 6) is -1.11. The van der Waals surface area contributed by atoms with Gasteiger partial charge in [-0.1, -0.05) is 12.1 Å². The minimum atomic E-state index is -0.620. The second-order valence-corrected chi connectivity index (χ2v) is 9.83. The number of fused-ring (bicyclic) bond motifs is 3. The Hall–Kier alpha value is -4.53. The molecule has 2 aromatic carbocycles. The zero-order chi connectivity index (χ0) is 28.0. The first-order valence-electron chi connectivity index (χ1n) is 12.9. The number of anilines is 1. The molecule has 0 saturated carbocycles. The predicted molar refractivity (Wildman–Crippen MR) is 153 cm³/mol. The Morgan fingerprint density at radius 2 is 1.87 bits per heavy atom. The third kappa shape index (κ3) is 4.43. The van der Waals surface area contributed by atoms with Gasteiger partial charge >= 0.3 is 0 Å². The number of hydrogen-bond donors (Lipinski definition) is 2. The van der Waals surface area contributed by atoms with Gasteiger partial charge in [0.2, 0.25) is 0 Å². The molecule has 0 bridgehead atoms. The lowest BCUT2D eigenvalue weighted by Gasteiger charge is -2.21. The Labute approximate surface area is 225 Å². The molecular formula is C30H31FN6O2. The largest absolute Gasteiger partial charge is 0.377 e. The van der Waals surface area contributed by atoms with Gasteiger partial charge in [0.25, 0.3) is 11.5 Å². The van der Waals surface area contributed by atoms with Crippen LogP contribution in [-0.2, 0) is 13.6 Å². The smallest absolute Gasteiger partial charge is 0.259 e. The zero-order valence-corrected chi connectivity index (χ0v) is 22.9. The van der Waals surface area contributed by atoms with E-state index in [9.17, 15) is 14.0 Å². The van der Waals surface area contributed by atoms with Crippen LogP contribution in [0.15, 0.2) is 53.5 Å². The van der Waals surface area contributed by atoms with Gasteiger partial charge in [-0.15, -0.1) is 0 Å². The number of amides is 1. The molecule has 5 rings (SSSR count). The van der Waals surface area contributed by atoms with Gasteiger partial charge in [-0.05, 0) is 69.2 Å². The van der Waals surface area contributed by atoms with Crippen LogP contribution in [0.5, 0.6) is 0 Å². The van der Waals surface area contributed by atoms with Crippen LogP contribution in [0.3, 0.4) is 0 Å². The van der Waals surface area contributed by atoms with E-state index < -0.39 is 11.7 Å². The van der Waals surface area contributed by atoms with E-state index in [0.29, 0.717) is 28.9 Å². The number of rotatable bonds is 6. The number of aromatic nitrogens is 4. The highest BCUT2D eigenvalue weighted by Crippen LogP contribution is 2.35. The molecule has 9 heteroatoms. The summed E-state index contributed by atoms with van der Waals surface area (Å²) in [6, 6.07) is 12.1. The molecule has 0 spiro atoms. The molecule has 1 atom stereocenters. The number of pyridine rings is 2. The van der Waals surface area contributed by atoms with Gasteiger partial charge in [0.05, 0.1) is 23.1 Å². The van der Waals surface area contributed by atoms with Gasteiger partial charge < -0.3 is 10.6 Å². The Balaban J connectivity index is 1.65. The molecule has 8 nitrogen and oxygen atoms in total. The molecule has 0 aliphatic rings. The van der Waals surface area contributed by atoms with Crippen molar-refractivity contribution in [1.82, 2.24) is 24.6 Å². The molecule has 1 amide bonds. The summed E-state index contributed by atoms with van der Waals surface area (Å²) in [6.45, 7) is 8.52. The van der Waals surface area contributed by atoms with Crippen molar-refractivity contribution in [1.29, 1.82) is 0 Å². The molecule has 5 aromatic rings. The van der Waals surface area contributed by atoms with Crippen molar-refractivity contribution in [3.63, 3.8) is 0 Å². The van der Waals surface area contributed by atoms with E-state index in [1.165, 1.54) is 19.2 Å². The molecule has 200 valence electrons. The third-order valence-electron chi connectivity index (χ3n) is 7.13. The van der Waals surface area contributed by atoms with Crippen molar-refractivity contribution in [3.05, 3.63) is 87.2 Å². The monoisotopic (exact) mass is 526 g/mol. The van der Waals surface area contributed by atoms with Crippen LogP contribution < -0.4 is 16.2 Å². The minimum absolute atomic E-state index is 0.0266. The van der Waals surface area contributed by atoms with Gasteiger partial charge in [0.1, 0.15) is 11.5 Å². The number of hydrogen-bond acceptors (Lipinski definition) is 5. The van der Waals surface area contributed by atoms with Crippen LogP contribution in [-0.4, -0.2) is 32.3 Å². The lowest BCUT2D eigenvalue weighted by molar-refractivity contribution is 0.0959. The van der Waals surface area contributed by atoms with Crippen LogP contribution in [0.1, 0.15) is 47.1 Å². The van der Waals surface area contributed by atoms with E-state index in [0.717, 1.165) is 33.2 Å². The van der Waals surface area contributed by atoms with Crippen LogP contribution in [0.4, 0.5) is 10.1 Å². The van der Waals surface area contributed by atoms with Crippen molar-refractivity contribution in [2.24, 2.45) is 7.05 Å². The van der Waals surface area contributed by atoms with Crippen LogP contribution in [0.25, 0.3) is 33.1 Å². The van der Waals surface area contributed by atoms with E-state index in [1.54, 1.807) is 17.7 Å². The first-order chi connectivity index (χ1) is 18.6. The summed E-state index contributed by atoms with van der Waals surface area (Å²) >= 11 is 0. The number of halogens is 1. The maximum atomic E-state index is 14.9. The molecule has 2 N–H and O–H groups in total. The lowest BCUT2D eigenvalue weighted by atomic mass is 9.95. The Kier molecular flexibility index (Phi) is 6.68. The van der Waals surface area contributed by atoms with Gasteiger partial charge in [0, 0.05) is 54.1 Å². The Morgan fingerprint density at radius 1 is 1.10 bits per heavy atom. The molecular weight excluding hydrogens is 495 g/mol. The molecule has 0 aliphatic carbocycles. The average Bonchev–Trinajstić information content (AvgIpc) is 3.36. The SMILES string of the molecule is CCn1ncc2c3c(C(C)Nc4ccc(C)nc4-c4ccc(C(=O)NC)c(F)c4)cc(C)cc3c(=O)n(C)c21. The molecule has 0 fully saturated rings. The normalized spacial score (nSPS) is 12.2. The third-order valence-corrected chi connectivity index (χ3v) is 7.13. The first-order valence-corrected chi connectivity index (χ1v) is 12.9. The van der Waals surface area contributed by atoms with Crippen molar-refractivity contribution in [3.8, 4) is 11.3 Å². The highest BCUT2D eigenvalue weighted by atomic mass is 19.1. The summed E-state index contributed by atoms with van der Waals surface area (Å²) in [7, 11) is 3.24. The first kappa shape index (κ1) is 26.1. The molecule has 0 radical (unpaired) electrons. The lowest BCUT2D eigenvalue weighted by Crippen LogP contribution is -2.20. The average molecular weight is 527 g/mol. The van der Waals surface area contributed by atoms with Gasteiger partial charge in [-0.2, -0.15) is 5.10 Å². The maximum Gasteiger partial charge on any atom is 0.259 e. The number of benzene rings is 2. The number of nitrogens with zero attached hydrogens (tertiary/aromatic N) is 4. The summed E-state index contributed by atoms with van der Waals surface area (Å²) < 4.78 is 18.3. The van der Waals surface area contributed by atoms with Crippen molar-refractivity contribution in [2.45, 2.75) is 40.3 Å². The second kappa shape index (κ2) is 9.98. The van der Waals surface area contributed by atoms with E-state index >= 15 is 0 Å². The van der Waals surface area contributed by atoms with Crippen molar-refractivity contribution < 1.29 is 9.18 Å². The fourth-order valence-corrected chi connectivity index (χ4v) is 5.23. The second-order valence-electron chi connectivity index (χ2n) is 9.83. The topological polar surface area (TPSA) is 93.8 Å². The Morgan fingerprint density at radius 3 is 2.56 bits per heavy atom. The number of nitrogens with one attached hydrogen (secondary N) is 2. The minimum Gasteiger partial charge on any atom is -0.377 e. The summed E-state index contributed by atoms with van der Waals surface area (Å²) in [5.41, 5.74) is 5.20. The van der Waals surface area contributed by atoms with Crippen LogP contribution >= 0.6 is 0 Å². The van der Waals surface area contributed by atoms with E-state index in [1.807, 2.05) is 56.8 Å². The Bertz CT molecular complexity index is 1820. The molecule has 0 aliphatic heterocycles. The van der Waals surface area contributed by atoms with Crippen molar-refractivity contribution in [2.75, 3.05) is 12.4 Å². The quantitative estimate of drug-likeness (QED) is 0.315. The fraction of sp³-hybridized carbons (Fsp3) is 0.267. The van der Waals surface area contributed by atoms with E-state index in [4.69, 9.17) is 4.98 Å². The summed E-state index contributed by atoms with van der Waals surface area (Å²) in [6.07, 6.45) is 1.82. The van der Waals surface area contributed by atoms with Gasteiger partial charge in [-0.25, -0.2) is 9.07 Å². The number of carbonyl (C=O) groups excluding carboxylic acids is 1. The van der Waals surface area contributed by atoms with Crippen LogP contribution in [0.2, 0.25) is 0 Å². The summed E-state index contributed by atoms with van der Waals surface area (Å²) in [4.78, 5) is 30.1. The van der Waals surface area contributed by atoms with E-state index in [2.05, 4.69) is 21.8 Å². The predicted octanol–water partition coefficient (Wildman–Crippen LogP) is 5.26. The van der Waals surface area contributed by atoms with Gasteiger partial charge in [-0.3, -0.25) is 19.1 Å². The molecule has 3 aromatic heterocycles. The van der Waals surface area contributed by atoms with Crippen molar-refractivity contribution >= 4 is 33.4 Å². The molecule has 39 heavy (non-hydrogen) atoms. The fourth-order valence-electron chi connectivity index (χ4n) is 5.23. The maximum absolute atomic E-state index is 14.9. The standard InChI is InChI=1S/C30H31FN6O2/c1-7-37-29-23(15-33-37)26-21(12-16(2)13-22(26)30(39)36(29)6)18(4)35-25-11-8-17(3)34-27(25)19-9-10-20(24(31)14-19)28(38)32-5/h8-15,18,35H,7H2,1-6H3,(H,32,38). The molecule has 1 unspecified atom stereocenters. The highest BCUT2D eigenvalue weighted by molar-refractivity contribution is 6.07. The number of carbonyl (C=O) groups is 1. The van der Waals surface area contributed by atoms with E-state index in [-0.39, 0.29) is 17.2 Å². The molecule has 0 saturated heterocycles. The van der Waals surface area contributed by atoms with Gasteiger partial charge in [0.15, 0.2) is 0 Å². The highest BCUT2D eigenvalue weighted by Gasteiger charge is 2.21. The van der Waals surface area contributed by atoms with Crippen LogP contribution in [0, 0.1) is 19.7 Å². The zero-order valence-electron chi connectivity index (χ0n) is 22.9. The molecule has 3 heterocycles. The number of aryl methyl sites for hydroxylation is 4. The summed E-state index contributed by atoms with van der Waals surface area (Å²) in [5, 5.41) is 13.0.